The Labute approximate surface area is 262 Å². The Kier molecular flexibility index (Phi) is 9.28. The molecule has 44 heavy (non-hydrogen) atoms. The van der Waals surface area contributed by atoms with Gasteiger partial charge < -0.3 is 20.4 Å². The van der Waals surface area contributed by atoms with E-state index in [1.54, 1.807) is 17.0 Å². The fraction of sp³-hybridized carbons (Fsp3) is 0.400. The molecule has 7 nitrogen and oxygen atoms in total. The van der Waals surface area contributed by atoms with Gasteiger partial charge in [-0.2, -0.15) is 0 Å². The second-order valence-electron chi connectivity index (χ2n) is 12.2. The topological polar surface area (TPSA) is 81.8 Å². The van der Waals surface area contributed by atoms with Crippen molar-refractivity contribution in [1.82, 2.24) is 20.4 Å². The van der Waals surface area contributed by atoms with Crippen molar-refractivity contribution in [2.24, 2.45) is 5.92 Å². The highest BCUT2D eigenvalue weighted by molar-refractivity contribution is 6.31. The van der Waals surface area contributed by atoms with Crippen LogP contribution in [-0.4, -0.2) is 65.3 Å². The average molecular weight is 617 g/mol. The molecule has 3 aliphatic rings. The van der Waals surface area contributed by atoms with Gasteiger partial charge in [-0.05, 0) is 65.6 Å². The molecule has 3 atom stereocenters. The van der Waals surface area contributed by atoms with Crippen molar-refractivity contribution >= 4 is 29.3 Å². The Balaban J connectivity index is 1.19. The van der Waals surface area contributed by atoms with E-state index in [4.69, 9.17) is 11.6 Å². The third-order valence-electron chi connectivity index (χ3n) is 9.09. The Morgan fingerprint density at radius 3 is 2.45 bits per heavy atom. The van der Waals surface area contributed by atoms with Crippen molar-refractivity contribution in [3.05, 3.63) is 106 Å². The van der Waals surface area contributed by atoms with Crippen LogP contribution in [0.3, 0.4) is 0 Å². The van der Waals surface area contributed by atoms with Crippen LogP contribution in [0.5, 0.6) is 0 Å². The number of halogens is 2. The van der Waals surface area contributed by atoms with E-state index in [0.29, 0.717) is 56.4 Å². The number of amides is 3. The lowest BCUT2D eigenvalue weighted by atomic mass is 9.95. The van der Waals surface area contributed by atoms with E-state index in [1.807, 2.05) is 53.4 Å². The van der Waals surface area contributed by atoms with Gasteiger partial charge in [0, 0.05) is 37.6 Å². The predicted octanol–water partition coefficient (Wildman–Crippen LogP) is 4.30. The molecule has 2 heterocycles. The quantitative estimate of drug-likeness (QED) is 0.356. The van der Waals surface area contributed by atoms with Crippen molar-refractivity contribution in [2.45, 2.75) is 63.2 Å². The van der Waals surface area contributed by atoms with Crippen molar-refractivity contribution < 1.29 is 18.8 Å². The fourth-order valence-corrected chi connectivity index (χ4v) is 6.58. The maximum atomic E-state index is 14.3. The molecule has 0 spiro atoms. The molecule has 3 aromatic carbocycles. The molecule has 0 radical (unpaired) electrons. The molecule has 3 aromatic rings. The first-order valence-electron chi connectivity index (χ1n) is 15.5. The van der Waals surface area contributed by atoms with Crippen LogP contribution in [0.4, 0.5) is 4.39 Å². The van der Waals surface area contributed by atoms with E-state index < -0.39 is 18.1 Å². The third-order valence-corrected chi connectivity index (χ3v) is 9.46. The lowest BCUT2D eigenvalue weighted by Crippen LogP contribution is -2.63. The zero-order valence-corrected chi connectivity index (χ0v) is 25.4. The summed E-state index contributed by atoms with van der Waals surface area (Å²) in [5.41, 5.74) is 3.98. The summed E-state index contributed by atoms with van der Waals surface area (Å²) >= 11 is 6.37. The van der Waals surface area contributed by atoms with Crippen LogP contribution in [-0.2, 0) is 40.2 Å². The summed E-state index contributed by atoms with van der Waals surface area (Å²) in [6.45, 7) is 1.89. The summed E-state index contributed by atoms with van der Waals surface area (Å²) in [6, 6.07) is 19.7. The van der Waals surface area contributed by atoms with Gasteiger partial charge in [-0.3, -0.25) is 14.4 Å². The van der Waals surface area contributed by atoms with Gasteiger partial charge >= 0.3 is 0 Å². The Morgan fingerprint density at radius 1 is 0.977 bits per heavy atom. The molecule has 3 unspecified atom stereocenters. The second kappa shape index (κ2) is 13.5. The largest absolute Gasteiger partial charge is 0.343 e. The number of carbonyl (C=O) groups excluding carboxylic acids is 3. The van der Waals surface area contributed by atoms with Gasteiger partial charge in [0.25, 0.3) is 0 Å². The number of benzene rings is 3. The molecule has 230 valence electrons. The van der Waals surface area contributed by atoms with Gasteiger partial charge in [0.15, 0.2) is 0 Å². The highest BCUT2D eigenvalue weighted by Crippen LogP contribution is 2.36. The normalized spacial score (nSPS) is 20.6. The maximum absolute atomic E-state index is 14.3. The van der Waals surface area contributed by atoms with Gasteiger partial charge in [-0.15, -0.1) is 0 Å². The Hall–Kier alpha value is -3.75. The molecule has 1 aliphatic carbocycles. The number of nitrogens with zero attached hydrogens (tertiary/aromatic N) is 2. The van der Waals surface area contributed by atoms with Crippen LogP contribution >= 0.6 is 11.6 Å². The molecule has 0 bridgehead atoms. The number of hydrogen-bond donors (Lipinski definition) is 2. The van der Waals surface area contributed by atoms with E-state index >= 15 is 0 Å². The molecule has 1 saturated heterocycles. The summed E-state index contributed by atoms with van der Waals surface area (Å²) in [6.07, 6.45) is 4.07. The first-order chi connectivity index (χ1) is 21.4. The van der Waals surface area contributed by atoms with Crippen molar-refractivity contribution in [1.29, 1.82) is 0 Å². The lowest BCUT2D eigenvalue weighted by Gasteiger charge is -2.42. The number of nitrogens with one attached hydrogen (secondary N) is 2. The summed E-state index contributed by atoms with van der Waals surface area (Å²) in [4.78, 5) is 45.3. The smallest absolute Gasteiger partial charge is 0.246 e. The summed E-state index contributed by atoms with van der Waals surface area (Å²) in [5.74, 6) is -0.541. The van der Waals surface area contributed by atoms with E-state index in [9.17, 15) is 18.8 Å². The SMILES string of the molecule is O=C(NC(Cc1ccc(F)cc1)C(=O)N1CCN(CCc2ccccc2Cl)C(=O)C1CC1CC1)C1Cc2ccccc2CN1. The van der Waals surface area contributed by atoms with Crippen LogP contribution in [0.2, 0.25) is 5.02 Å². The Morgan fingerprint density at radius 2 is 1.70 bits per heavy atom. The molecular formula is C35H38ClFN4O3. The molecule has 0 aromatic heterocycles. The molecule has 6 rings (SSSR count). The van der Waals surface area contributed by atoms with Crippen LogP contribution in [0.25, 0.3) is 0 Å². The summed E-state index contributed by atoms with van der Waals surface area (Å²) in [7, 11) is 0. The van der Waals surface area contributed by atoms with E-state index in [0.717, 1.165) is 35.1 Å². The minimum absolute atomic E-state index is 0.0547. The minimum atomic E-state index is -0.892. The number of carbonyl (C=O) groups is 3. The van der Waals surface area contributed by atoms with Crippen LogP contribution < -0.4 is 10.6 Å². The van der Waals surface area contributed by atoms with E-state index in [2.05, 4.69) is 10.6 Å². The first kappa shape index (κ1) is 30.3. The van der Waals surface area contributed by atoms with Gasteiger partial charge in [-0.1, -0.05) is 79.0 Å². The molecule has 3 amide bonds. The van der Waals surface area contributed by atoms with Crippen LogP contribution in [0.1, 0.15) is 41.5 Å². The molecule has 1 saturated carbocycles. The number of piperazine rings is 1. The van der Waals surface area contributed by atoms with Gasteiger partial charge in [0.1, 0.15) is 17.9 Å². The van der Waals surface area contributed by atoms with Crippen LogP contribution in [0.15, 0.2) is 72.8 Å². The lowest BCUT2D eigenvalue weighted by molar-refractivity contribution is -0.153. The molecule has 9 heteroatoms. The molecule has 2 fully saturated rings. The van der Waals surface area contributed by atoms with Crippen molar-refractivity contribution in [3.8, 4) is 0 Å². The van der Waals surface area contributed by atoms with E-state index in [1.165, 1.54) is 12.1 Å². The standard InChI is InChI=1S/C35H38ClFN4O3/c36-29-8-4-3-5-25(29)15-16-40-17-18-41(32(35(40)44)20-24-9-10-24)34(43)31(19-23-11-13-28(37)14-12-23)39-33(42)30-21-26-6-1-2-7-27(26)22-38-30/h1-8,11-14,24,30-32,38H,9-10,15-22H2,(H,39,42). The van der Waals surface area contributed by atoms with Gasteiger partial charge in [-0.25, -0.2) is 4.39 Å². The molecule has 2 N–H and O–H groups in total. The summed E-state index contributed by atoms with van der Waals surface area (Å²) < 4.78 is 13.7. The van der Waals surface area contributed by atoms with Crippen LogP contribution in [0, 0.1) is 11.7 Å². The Bertz CT molecular complexity index is 1510. The number of rotatable bonds is 10. The summed E-state index contributed by atoms with van der Waals surface area (Å²) in [5, 5.41) is 7.00. The van der Waals surface area contributed by atoms with Gasteiger partial charge in [0.05, 0.1) is 6.04 Å². The van der Waals surface area contributed by atoms with Gasteiger partial charge in [0.2, 0.25) is 17.7 Å². The fourth-order valence-electron chi connectivity index (χ4n) is 6.35. The number of hydrogen-bond acceptors (Lipinski definition) is 4. The predicted molar refractivity (Wildman–Crippen MR) is 167 cm³/mol. The molecular weight excluding hydrogens is 579 g/mol. The zero-order valence-electron chi connectivity index (χ0n) is 24.7. The third kappa shape index (κ3) is 7.13. The van der Waals surface area contributed by atoms with Crippen molar-refractivity contribution in [3.63, 3.8) is 0 Å². The van der Waals surface area contributed by atoms with E-state index in [-0.39, 0.29) is 30.0 Å². The zero-order chi connectivity index (χ0) is 30.6. The second-order valence-corrected chi connectivity index (χ2v) is 12.6. The number of fused-ring (bicyclic) bond motifs is 1. The highest BCUT2D eigenvalue weighted by atomic mass is 35.5. The minimum Gasteiger partial charge on any atom is -0.343 e. The van der Waals surface area contributed by atoms with Crippen molar-refractivity contribution in [2.75, 3.05) is 19.6 Å². The maximum Gasteiger partial charge on any atom is 0.246 e. The highest BCUT2D eigenvalue weighted by Gasteiger charge is 2.43. The first-order valence-corrected chi connectivity index (χ1v) is 15.9. The molecule has 2 aliphatic heterocycles. The monoisotopic (exact) mass is 616 g/mol. The average Bonchev–Trinajstić information content (AvgIpc) is 3.86.